The van der Waals surface area contributed by atoms with E-state index in [0.717, 1.165) is 0 Å². The van der Waals surface area contributed by atoms with E-state index in [9.17, 15) is 0 Å². The number of benzene rings is 2. The average molecular weight is 349 g/mol. The minimum Gasteiger partial charge on any atom is -0.0654 e. The number of hydrogen-bond donors (Lipinski definition) is 0. The fraction of sp³-hybridized carbons (Fsp3) is 0.538. The Morgan fingerprint density at radius 1 is 0.577 bits per heavy atom. The van der Waals surface area contributed by atoms with Crippen LogP contribution in [-0.2, 0) is 12.8 Å². The molecule has 0 aliphatic rings. The van der Waals surface area contributed by atoms with Crippen molar-refractivity contribution in [3.8, 4) is 11.1 Å². The zero-order valence-electron chi connectivity index (χ0n) is 16.9. The maximum Gasteiger partial charge on any atom is -0.00961 e. The summed E-state index contributed by atoms with van der Waals surface area (Å²) in [5.41, 5.74) is 5.27. The van der Waals surface area contributed by atoms with Crippen molar-refractivity contribution in [2.45, 2.75) is 90.9 Å². The third-order valence-corrected chi connectivity index (χ3v) is 5.16. The Labute approximate surface area is 162 Å². The zero-order chi connectivity index (χ0) is 18.5. The van der Waals surface area contributed by atoms with Gasteiger partial charge in [0, 0.05) is 0 Å². The Bertz CT molecular complexity index is 555. The summed E-state index contributed by atoms with van der Waals surface area (Å²) < 4.78 is 0. The first kappa shape index (κ1) is 20.7. The van der Waals surface area contributed by atoms with Crippen LogP contribution in [0.3, 0.4) is 0 Å². The van der Waals surface area contributed by atoms with Gasteiger partial charge in [-0.15, -0.1) is 0 Å². The Morgan fingerprint density at radius 3 is 1.42 bits per heavy atom. The third-order valence-electron chi connectivity index (χ3n) is 5.16. The average Bonchev–Trinajstić information content (AvgIpc) is 2.68. The Kier molecular flexibility index (Phi) is 10.2. The van der Waals surface area contributed by atoms with Crippen LogP contribution in [-0.4, -0.2) is 0 Å². The Balaban J connectivity index is 1.89. The normalized spacial score (nSPS) is 11.0. The van der Waals surface area contributed by atoms with Crippen molar-refractivity contribution in [3.05, 3.63) is 59.7 Å². The largest absolute Gasteiger partial charge is 0.0654 e. The molecule has 0 heterocycles. The second-order valence-corrected chi connectivity index (χ2v) is 7.55. The number of rotatable bonds is 13. The summed E-state index contributed by atoms with van der Waals surface area (Å²) in [4.78, 5) is 0. The highest BCUT2D eigenvalue weighted by atomic mass is 14.1. The molecule has 0 N–H and O–H groups in total. The summed E-state index contributed by atoms with van der Waals surface area (Å²) in [5, 5.41) is 0. The molecule has 0 bridgehead atoms. The smallest absolute Gasteiger partial charge is 0.00961 e. The summed E-state index contributed by atoms with van der Waals surface area (Å²) in [5.74, 6) is 0. The molecule has 0 saturated heterocycles. The van der Waals surface area contributed by atoms with Crippen molar-refractivity contribution >= 4 is 0 Å². The lowest BCUT2D eigenvalue weighted by atomic mass is 9.97. The quantitative estimate of drug-likeness (QED) is 0.322. The lowest BCUT2D eigenvalue weighted by molar-refractivity contribution is 0.632. The van der Waals surface area contributed by atoms with E-state index in [2.05, 4.69) is 62.4 Å². The molecule has 0 amide bonds. The first-order valence-corrected chi connectivity index (χ1v) is 10.8. The molecular formula is C26H36. The van der Waals surface area contributed by atoms with E-state index >= 15 is 0 Å². The van der Waals surface area contributed by atoms with Gasteiger partial charge in [-0.2, -0.15) is 0 Å². The molecule has 0 aliphatic carbocycles. The molecule has 140 valence electrons. The molecule has 0 unspecified atom stereocenters. The van der Waals surface area contributed by atoms with Crippen molar-refractivity contribution in [2.24, 2.45) is 0 Å². The standard InChI is InChI=1S/C26H36/c1-3-5-7-9-11-15-23-17-13-19-25(21-23)26-20-14-18-24(22-26)16-12-10-8-6-4-2/h13-14,17-18,21-22H,3-12,15-16H2,1-2H3. The van der Waals surface area contributed by atoms with Crippen LogP contribution in [0.2, 0.25) is 0 Å². The maximum atomic E-state index is 3.42. The lowest BCUT2D eigenvalue weighted by Crippen LogP contribution is -1.90. The minimum absolute atomic E-state index is 1.18. The van der Waals surface area contributed by atoms with Crippen molar-refractivity contribution in [1.82, 2.24) is 0 Å². The van der Waals surface area contributed by atoms with Gasteiger partial charge >= 0.3 is 0 Å². The molecular weight excluding hydrogens is 312 g/mol. The van der Waals surface area contributed by atoms with E-state index in [1.165, 1.54) is 99.3 Å². The van der Waals surface area contributed by atoms with Crippen LogP contribution in [0, 0.1) is 12.1 Å². The van der Waals surface area contributed by atoms with Gasteiger partial charge in [-0.1, -0.05) is 102 Å². The molecule has 2 radical (unpaired) electrons. The van der Waals surface area contributed by atoms with E-state index in [1.807, 2.05) is 0 Å². The van der Waals surface area contributed by atoms with E-state index in [1.54, 1.807) is 0 Å². The molecule has 0 aromatic heterocycles. The fourth-order valence-electron chi connectivity index (χ4n) is 3.51. The predicted octanol–water partition coefficient (Wildman–Crippen LogP) is 7.98. The zero-order valence-corrected chi connectivity index (χ0v) is 16.9. The second kappa shape index (κ2) is 12.7. The molecule has 0 aliphatic heterocycles. The van der Waals surface area contributed by atoms with E-state index in [-0.39, 0.29) is 0 Å². The summed E-state index contributed by atoms with van der Waals surface area (Å²) in [7, 11) is 0. The predicted molar refractivity (Wildman–Crippen MR) is 114 cm³/mol. The van der Waals surface area contributed by atoms with Gasteiger partial charge in [0.15, 0.2) is 0 Å². The maximum absolute atomic E-state index is 3.42. The summed E-state index contributed by atoms with van der Waals surface area (Å²) in [6.07, 6.45) is 15.8. The van der Waals surface area contributed by atoms with Crippen LogP contribution in [0.1, 0.15) is 89.2 Å². The van der Waals surface area contributed by atoms with E-state index in [4.69, 9.17) is 0 Å². The first-order valence-electron chi connectivity index (χ1n) is 10.8. The molecule has 0 nitrogen and oxygen atoms in total. The Hall–Kier alpha value is -1.56. The number of aryl methyl sites for hydroxylation is 2. The van der Waals surface area contributed by atoms with Crippen LogP contribution < -0.4 is 0 Å². The van der Waals surface area contributed by atoms with Crippen molar-refractivity contribution in [2.75, 3.05) is 0 Å². The minimum atomic E-state index is 1.18. The molecule has 2 aromatic rings. The SMILES string of the molecule is CCCCCCCc1cc[c]c(-c2[c]ccc(CCCCCCC)c2)c1. The molecule has 0 fully saturated rings. The summed E-state index contributed by atoms with van der Waals surface area (Å²) >= 11 is 0. The molecule has 0 heteroatoms. The van der Waals surface area contributed by atoms with E-state index < -0.39 is 0 Å². The lowest BCUT2D eigenvalue weighted by Gasteiger charge is -2.08. The number of hydrogen-bond acceptors (Lipinski definition) is 0. The van der Waals surface area contributed by atoms with Gasteiger partial charge < -0.3 is 0 Å². The van der Waals surface area contributed by atoms with Gasteiger partial charge in [-0.25, -0.2) is 0 Å². The van der Waals surface area contributed by atoms with Gasteiger partial charge in [0.25, 0.3) is 0 Å². The van der Waals surface area contributed by atoms with Crippen molar-refractivity contribution < 1.29 is 0 Å². The van der Waals surface area contributed by atoms with E-state index in [0.29, 0.717) is 0 Å². The van der Waals surface area contributed by atoms with Gasteiger partial charge in [-0.05, 0) is 60.1 Å². The topological polar surface area (TPSA) is 0 Å². The first-order chi connectivity index (χ1) is 12.8. The molecule has 0 atom stereocenters. The molecule has 2 aromatic carbocycles. The monoisotopic (exact) mass is 348 g/mol. The van der Waals surface area contributed by atoms with Gasteiger partial charge in [0.05, 0.1) is 0 Å². The highest BCUT2D eigenvalue weighted by Gasteiger charge is 2.03. The van der Waals surface area contributed by atoms with Crippen LogP contribution in [0.25, 0.3) is 11.1 Å². The Morgan fingerprint density at radius 2 is 1.00 bits per heavy atom. The fourth-order valence-corrected chi connectivity index (χ4v) is 3.51. The van der Waals surface area contributed by atoms with Crippen LogP contribution in [0.15, 0.2) is 36.4 Å². The van der Waals surface area contributed by atoms with Crippen LogP contribution >= 0.6 is 0 Å². The third kappa shape index (κ3) is 7.77. The number of unbranched alkanes of at least 4 members (excludes halogenated alkanes) is 8. The molecule has 0 saturated carbocycles. The molecule has 2 rings (SSSR count). The highest BCUT2D eigenvalue weighted by Crippen LogP contribution is 2.22. The van der Waals surface area contributed by atoms with Crippen LogP contribution in [0.5, 0.6) is 0 Å². The molecule has 0 spiro atoms. The summed E-state index contributed by atoms with van der Waals surface area (Å²) in [6, 6.07) is 20.1. The van der Waals surface area contributed by atoms with Crippen molar-refractivity contribution in [1.29, 1.82) is 0 Å². The highest BCUT2D eigenvalue weighted by molar-refractivity contribution is 5.63. The van der Waals surface area contributed by atoms with Crippen LogP contribution in [0.4, 0.5) is 0 Å². The second-order valence-electron chi connectivity index (χ2n) is 7.55. The molecule has 26 heavy (non-hydrogen) atoms. The van der Waals surface area contributed by atoms with Crippen molar-refractivity contribution in [3.63, 3.8) is 0 Å². The van der Waals surface area contributed by atoms with Gasteiger partial charge in [0.1, 0.15) is 0 Å². The summed E-state index contributed by atoms with van der Waals surface area (Å²) in [6.45, 7) is 4.55. The van der Waals surface area contributed by atoms with Gasteiger partial charge in [0.2, 0.25) is 0 Å². The van der Waals surface area contributed by atoms with Gasteiger partial charge in [-0.3, -0.25) is 0 Å².